The molecule has 0 radical (unpaired) electrons. The van der Waals surface area contributed by atoms with E-state index in [2.05, 4.69) is 15.9 Å². The topological polar surface area (TPSA) is 66.8 Å². The SMILES string of the molecule is COc1cc(C=C2SC(=O)N(c3ccc(Cl)cc3)C2=O)c(Br)cc1O. The molecule has 0 spiro atoms. The number of nitrogens with zero attached hydrogens (tertiary/aromatic N) is 1. The van der Waals surface area contributed by atoms with Gasteiger partial charge in [-0.05, 0) is 59.8 Å². The number of hydrogen-bond acceptors (Lipinski definition) is 5. The van der Waals surface area contributed by atoms with E-state index in [9.17, 15) is 14.7 Å². The monoisotopic (exact) mass is 439 g/mol. The fraction of sp³-hybridized carbons (Fsp3) is 0.0588. The van der Waals surface area contributed by atoms with E-state index in [1.165, 1.54) is 13.2 Å². The number of carbonyl (C=O) groups excluding carboxylic acids is 2. The lowest BCUT2D eigenvalue weighted by Crippen LogP contribution is -2.27. The molecule has 0 unspecified atom stereocenters. The molecule has 0 saturated carbocycles. The summed E-state index contributed by atoms with van der Waals surface area (Å²) in [5.41, 5.74) is 1.06. The van der Waals surface area contributed by atoms with Crippen LogP contribution in [-0.2, 0) is 4.79 Å². The van der Waals surface area contributed by atoms with Gasteiger partial charge in [-0.1, -0.05) is 27.5 Å². The fourth-order valence-electron chi connectivity index (χ4n) is 2.25. The molecule has 0 aliphatic carbocycles. The predicted molar refractivity (Wildman–Crippen MR) is 102 cm³/mol. The van der Waals surface area contributed by atoms with Crippen LogP contribution in [0.5, 0.6) is 11.5 Å². The molecule has 2 aromatic carbocycles. The molecule has 0 aromatic heterocycles. The molecule has 8 heteroatoms. The number of phenolic OH excluding ortho intramolecular Hbond substituents is 1. The number of ether oxygens (including phenoxy) is 1. The predicted octanol–water partition coefficient (Wildman–Crippen LogP) is 5.06. The van der Waals surface area contributed by atoms with Crippen LogP contribution in [0.1, 0.15) is 5.56 Å². The highest BCUT2D eigenvalue weighted by Crippen LogP contribution is 2.39. The van der Waals surface area contributed by atoms with Gasteiger partial charge in [0, 0.05) is 9.50 Å². The van der Waals surface area contributed by atoms with Gasteiger partial charge in [-0.15, -0.1) is 0 Å². The van der Waals surface area contributed by atoms with E-state index in [0.29, 0.717) is 20.7 Å². The lowest BCUT2D eigenvalue weighted by molar-refractivity contribution is -0.113. The molecule has 0 atom stereocenters. The molecule has 0 bridgehead atoms. The Hall–Kier alpha value is -1.96. The van der Waals surface area contributed by atoms with Crippen LogP contribution >= 0.6 is 39.3 Å². The number of halogens is 2. The molecule has 1 aliphatic rings. The van der Waals surface area contributed by atoms with Crippen LogP contribution in [0.2, 0.25) is 5.02 Å². The van der Waals surface area contributed by atoms with Crippen molar-refractivity contribution in [3.8, 4) is 11.5 Å². The summed E-state index contributed by atoms with van der Waals surface area (Å²) >= 11 is 10.0. The Morgan fingerprint density at radius 2 is 1.92 bits per heavy atom. The second-order valence-corrected chi connectivity index (χ2v) is 7.32. The van der Waals surface area contributed by atoms with Gasteiger partial charge in [0.05, 0.1) is 17.7 Å². The van der Waals surface area contributed by atoms with Crippen molar-refractivity contribution in [2.75, 3.05) is 12.0 Å². The van der Waals surface area contributed by atoms with Crippen LogP contribution in [0, 0.1) is 0 Å². The van der Waals surface area contributed by atoms with Crippen molar-refractivity contribution in [1.29, 1.82) is 0 Å². The average Bonchev–Trinajstić information content (AvgIpc) is 2.85. The van der Waals surface area contributed by atoms with Crippen LogP contribution in [0.4, 0.5) is 10.5 Å². The highest BCUT2D eigenvalue weighted by Gasteiger charge is 2.36. The van der Waals surface area contributed by atoms with E-state index in [0.717, 1.165) is 16.7 Å². The van der Waals surface area contributed by atoms with E-state index in [-0.39, 0.29) is 21.6 Å². The number of carbonyl (C=O) groups is 2. The van der Waals surface area contributed by atoms with Crippen molar-refractivity contribution in [1.82, 2.24) is 0 Å². The van der Waals surface area contributed by atoms with Crippen LogP contribution in [0.15, 0.2) is 45.8 Å². The summed E-state index contributed by atoms with van der Waals surface area (Å²) in [6, 6.07) is 9.50. The molecule has 1 saturated heterocycles. The summed E-state index contributed by atoms with van der Waals surface area (Å²) in [6.45, 7) is 0. The summed E-state index contributed by atoms with van der Waals surface area (Å²) in [7, 11) is 1.43. The number of phenols is 1. The van der Waals surface area contributed by atoms with E-state index in [4.69, 9.17) is 16.3 Å². The number of hydrogen-bond donors (Lipinski definition) is 1. The number of anilines is 1. The molecule has 1 aliphatic heterocycles. The highest BCUT2D eigenvalue weighted by molar-refractivity contribution is 9.10. The Balaban J connectivity index is 1.97. The van der Waals surface area contributed by atoms with E-state index >= 15 is 0 Å². The van der Waals surface area contributed by atoms with Crippen LogP contribution in [0.3, 0.4) is 0 Å². The molecule has 1 N–H and O–H groups in total. The van der Waals surface area contributed by atoms with Gasteiger partial charge >= 0.3 is 0 Å². The molecular weight excluding hydrogens is 430 g/mol. The molecule has 2 aromatic rings. The Kier molecular flexibility index (Phi) is 5.08. The molecule has 1 heterocycles. The first-order valence-electron chi connectivity index (χ1n) is 7.00. The zero-order valence-corrected chi connectivity index (χ0v) is 16.0. The minimum atomic E-state index is -0.420. The zero-order valence-electron chi connectivity index (χ0n) is 12.8. The molecule has 5 nitrogen and oxygen atoms in total. The van der Waals surface area contributed by atoms with Gasteiger partial charge in [0.2, 0.25) is 0 Å². The fourth-order valence-corrected chi connectivity index (χ4v) is 3.66. The summed E-state index contributed by atoms with van der Waals surface area (Å²) in [6.07, 6.45) is 1.58. The molecule has 25 heavy (non-hydrogen) atoms. The zero-order chi connectivity index (χ0) is 18.1. The van der Waals surface area contributed by atoms with Crippen LogP contribution in [-0.4, -0.2) is 23.4 Å². The Morgan fingerprint density at radius 3 is 2.56 bits per heavy atom. The smallest absolute Gasteiger partial charge is 0.298 e. The number of amides is 2. The van der Waals surface area contributed by atoms with Gasteiger partial charge in [0.1, 0.15) is 0 Å². The van der Waals surface area contributed by atoms with E-state index < -0.39 is 5.91 Å². The second-order valence-electron chi connectivity index (χ2n) is 5.04. The van der Waals surface area contributed by atoms with Crippen molar-refractivity contribution < 1.29 is 19.4 Å². The third kappa shape index (κ3) is 3.53. The van der Waals surface area contributed by atoms with E-state index in [1.807, 2.05) is 0 Å². The van der Waals surface area contributed by atoms with Gasteiger partial charge in [0.25, 0.3) is 11.1 Å². The highest BCUT2D eigenvalue weighted by atomic mass is 79.9. The Labute approximate surface area is 161 Å². The number of thioether (sulfide) groups is 1. The third-order valence-electron chi connectivity index (χ3n) is 3.46. The maximum atomic E-state index is 12.6. The van der Waals surface area contributed by atoms with Gasteiger partial charge in [-0.3, -0.25) is 9.59 Å². The first-order valence-corrected chi connectivity index (χ1v) is 8.99. The minimum Gasteiger partial charge on any atom is -0.504 e. The van der Waals surface area contributed by atoms with Gasteiger partial charge in [-0.25, -0.2) is 4.90 Å². The number of methoxy groups -OCH3 is 1. The molecule has 1 fully saturated rings. The molecule has 3 rings (SSSR count). The quantitative estimate of drug-likeness (QED) is 0.676. The molecule has 128 valence electrons. The molecule has 2 amide bonds. The van der Waals surface area contributed by atoms with Crippen molar-refractivity contribution in [2.45, 2.75) is 0 Å². The Bertz CT molecular complexity index is 898. The van der Waals surface area contributed by atoms with Gasteiger partial charge in [0.15, 0.2) is 11.5 Å². The number of rotatable bonds is 3. The lowest BCUT2D eigenvalue weighted by Gasteiger charge is -2.12. The first kappa shape index (κ1) is 17.8. The summed E-state index contributed by atoms with van der Waals surface area (Å²) < 4.78 is 5.65. The van der Waals surface area contributed by atoms with Crippen molar-refractivity contribution in [3.05, 3.63) is 56.4 Å². The van der Waals surface area contributed by atoms with Crippen LogP contribution < -0.4 is 9.64 Å². The summed E-state index contributed by atoms with van der Waals surface area (Å²) in [5.74, 6) is -0.177. The maximum Gasteiger partial charge on any atom is 0.298 e. The second kappa shape index (κ2) is 7.11. The maximum absolute atomic E-state index is 12.6. The summed E-state index contributed by atoms with van der Waals surface area (Å²) in [4.78, 5) is 26.2. The largest absolute Gasteiger partial charge is 0.504 e. The van der Waals surface area contributed by atoms with E-state index in [1.54, 1.807) is 36.4 Å². The average molecular weight is 441 g/mol. The van der Waals surface area contributed by atoms with Gasteiger partial charge < -0.3 is 9.84 Å². The van der Waals surface area contributed by atoms with Crippen molar-refractivity contribution in [3.63, 3.8) is 0 Å². The molecular formula is C17H11BrClNO4S. The number of imide groups is 1. The van der Waals surface area contributed by atoms with Crippen molar-refractivity contribution in [2.24, 2.45) is 0 Å². The normalized spacial score (nSPS) is 16.0. The summed E-state index contributed by atoms with van der Waals surface area (Å²) in [5, 5.41) is 9.89. The minimum absolute atomic E-state index is 0.0270. The lowest BCUT2D eigenvalue weighted by atomic mass is 10.2. The van der Waals surface area contributed by atoms with Crippen LogP contribution in [0.25, 0.3) is 6.08 Å². The van der Waals surface area contributed by atoms with Gasteiger partial charge in [-0.2, -0.15) is 0 Å². The standard InChI is InChI=1S/C17H11BrClNO4S/c1-24-14-6-9(12(18)8-13(14)21)7-15-16(22)20(17(23)25-15)11-4-2-10(19)3-5-11/h2-8,21H,1H3. The number of aromatic hydroxyl groups is 1. The first-order chi connectivity index (χ1) is 11.9. The third-order valence-corrected chi connectivity index (χ3v) is 5.27. The number of benzene rings is 2. The van der Waals surface area contributed by atoms with Crippen molar-refractivity contribution >= 4 is 62.2 Å². The Morgan fingerprint density at radius 1 is 1.24 bits per heavy atom.